The van der Waals surface area contributed by atoms with Crippen molar-refractivity contribution in [1.29, 1.82) is 0 Å². The van der Waals surface area contributed by atoms with E-state index in [2.05, 4.69) is 15.2 Å². The Morgan fingerprint density at radius 3 is 2.73 bits per heavy atom. The molecule has 0 spiro atoms. The predicted octanol–water partition coefficient (Wildman–Crippen LogP) is 4.41. The summed E-state index contributed by atoms with van der Waals surface area (Å²) in [4.78, 5) is 18.3. The Morgan fingerprint density at radius 1 is 1.23 bits per heavy atom. The first-order chi connectivity index (χ1) is 14.2. The highest BCUT2D eigenvalue weighted by Crippen LogP contribution is 2.37. The predicted molar refractivity (Wildman–Crippen MR) is 100 cm³/mol. The van der Waals surface area contributed by atoms with Gasteiger partial charge >= 0.3 is 6.18 Å². The van der Waals surface area contributed by atoms with Gasteiger partial charge in [-0.3, -0.25) is 14.9 Å². The number of amides is 1. The van der Waals surface area contributed by atoms with Gasteiger partial charge in [0.1, 0.15) is 5.82 Å². The van der Waals surface area contributed by atoms with E-state index in [-0.39, 0.29) is 12.1 Å². The minimum atomic E-state index is -4.64. The van der Waals surface area contributed by atoms with Gasteiger partial charge in [0, 0.05) is 24.2 Å². The lowest BCUT2D eigenvalue weighted by molar-refractivity contribution is -0.137. The van der Waals surface area contributed by atoms with Crippen molar-refractivity contribution in [3.63, 3.8) is 0 Å². The summed E-state index contributed by atoms with van der Waals surface area (Å²) in [5.74, 6) is -1.00. The minimum absolute atomic E-state index is 0.171. The molecule has 0 aliphatic carbocycles. The Morgan fingerprint density at radius 2 is 2.03 bits per heavy atom. The van der Waals surface area contributed by atoms with Crippen LogP contribution in [0, 0.1) is 5.82 Å². The maximum atomic E-state index is 13.1. The van der Waals surface area contributed by atoms with E-state index in [1.54, 1.807) is 6.07 Å². The fourth-order valence-corrected chi connectivity index (χ4v) is 3.79. The maximum Gasteiger partial charge on any atom is 0.417 e. The lowest BCUT2D eigenvalue weighted by Crippen LogP contribution is -2.36. The number of H-pyrrole nitrogens is 1. The molecule has 10 heteroatoms. The second-order valence-electron chi connectivity index (χ2n) is 6.91. The second kappa shape index (κ2) is 7.71. The number of aromatic amines is 1. The first kappa shape index (κ1) is 20.3. The molecule has 0 fully saturated rings. The zero-order valence-electron chi connectivity index (χ0n) is 15.4. The van der Waals surface area contributed by atoms with Crippen LogP contribution >= 0.6 is 11.6 Å². The van der Waals surface area contributed by atoms with Crippen LogP contribution in [0.25, 0.3) is 0 Å². The quantitative estimate of drug-likeness (QED) is 0.616. The highest BCUT2D eigenvalue weighted by atomic mass is 35.5. The summed E-state index contributed by atoms with van der Waals surface area (Å²) in [6.07, 6.45) is -2.63. The topological polar surface area (TPSA) is 61.9 Å². The van der Waals surface area contributed by atoms with E-state index in [9.17, 15) is 22.4 Å². The number of benzene rings is 1. The summed E-state index contributed by atoms with van der Waals surface area (Å²) in [6.45, 7) is 0.479. The normalized spacial score (nSPS) is 14.0. The molecular weight excluding hydrogens is 424 g/mol. The Labute approximate surface area is 173 Å². The molecule has 0 saturated carbocycles. The zero-order valence-corrected chi connectivity index (χ0v) is 16.2. The number of carbonyl (C=O) groups is 1. The smallest absolute Gasteiger partial charge is 0.332 e. The van der Waals surface area contributed by atoms with E-state index < -0.39 is 28.5 Å². The molecule has 1 amide bonds. The second-order valence-corrected chi connectivity index (χ2v) is 7.29. The van der Waals surface area contributed by atoms with Gasteiger partial charge in [-0.2, -0.15) is 18.3 Å². The maximum absolute atomic E-state index is 13.1. The molecule has 30 heavy (non-hydrogen) atoms. The van der Waals surface area contributed by atoms with E-state index >= 15 is 0 Å². The van der Waals surface area contributed by atoms with Gasteiger partial charge in [-0.25, -0.2) is 4.39 Å². The van der Waals surface area contributed by atoms with E-state index in [0.29, 0.717) is 30.8 Å². The van der Waals surface area contributed by atoms with Crippen LogP contribution in [-0.2, 0) is 25.6 Å². The van der Waals surface area contributed by atoms with Crippen LogP contribution in [0.4, 0.5) is 17.6 Å². The van der Waals surface area contributed by atoms with Crippen LogP contribution in [-0.4, -0.2) is 32.5 Å². The highest BCUT2D eigenvalue weighted by molar-refractivity contribution is 6.34. The number of hydrogen-bond donors (Lipinski definition) is 1. The van der Waals surface area contributed by atoms with Gasteiger partial charge in [0.15, 0.2) is 0 Å². The summed E-state index contributed by atoms with van der Waals surface area (Å²) < 4.78 is 52.3. The number of fused-ring (bicyclic) bond motifs is 1. The fraction of sp³-hybridized carbons (Fsp3) is 0.250. The van der Waals surface area contributed by atoms with E-state index in [1.807, 2.05) is 0 Å². The van der Waals surface area contributed by atoms with Crippen molar-refractivity contribution in [2.24, 2.45) is 0 Å². The monoisotopic (exact) mass is 438 g/mol. The Kier molecular flexibility index (Phi) is 5.23. The number of carbonyl (C=O) groups excluding carboxylic acids is 1. The largest absolute Gasteiger partial charge is 0.417 e. The van der Waals surface area contributed by atoms with E-state index in [4.69, 9.17) is 11.6 Å². The van der Waals surface area contributed by atoms with Crippen molar-refractivity contribution in [2.75, 3.05) is 6.54 Å². The van der Waals surface area contributed by atoms with Gasteiger partial charge in [0.2, 0.25) is 0 Å². The Bertz CT molecular complexity index is 1100. The highest BCUT2D eigenvalue weighted by Gasteiger charge is 2.35. The SMILES string of the molecule is O=C(c1cccc(C(F)(F)F)c1Cl)N1CCc2c(Cc3ccc(F)cn3)n[nH]c2C1. The third-order valence-electron chi connectivity index (χ3n) is 4.98. The molecule has 3 heterocycles. The first-order valence-electron chi connectivity index (χ1n) is 9.04. The summed E-state index contributed by atoms with van der Waals surface area (Å²) in [7, 11) is 0. The van der Waals surface area contributed by atoms with E-state index in [1.165, 1.54) is 23.1 Å². The number of aromatic nitrogens is 3. The average molecular weight is 439 g/mol. The van der Waals surface area contributed by atoms with E-state index in [0.717, 1.165) is 23.5 Å². The number of nitrogens with one attached hydrogen (secondary N) is 1. The van der Waals surface area contributed by atoms with Gasteiger partial charge < -0.3 is 4.90 Å². The van der Waals surface area contributed by atoms with Gasteiger partial charge in [0.25, 0.3) is 5.91 Å². The molecule has 0 bridgehead atoms. The molecule has 156 valence electrons. The lowest BCUT2D eigenvalue weighted by Gasteiger charge is -2.27. The number of halogens is 5. The Balaban J connectivity index is 1.53. The zero-order chi connectivity index (χ0) is 21.5. The van der Waals surface area contributed by atoms with Gasteiger partial charge in [-0.1, -0.05) is 17.7 Å². The molecule has 0 radical (unpaired) electrons. The number of nitrogens with zero attached hydrogens (tertiary/aromatic N) is 3. The van der Waals surface area contributed by atoms with Crippen LogP contribution in [0.1, 0.15) is 38.6 Å². The molecule has 1 aliphatic rings. The average Bonchev–Trinajstić information content (AvgIpc) is 3.10. The van der Waals surface area contributed by atoms with Gasteiger partial charge in [0.05, 0.1) is 40.3 Å². The number of alkyl halides is 3. The van der Waals surface area contributed by atoms with Crippen LogP contribution in [0.5, 0.6) is 0 Å². The summed E-state index contributed by atoms with van der Waals surface area (Å²) >= 11 is 5.89. The van der Waals surface area contributed by atoms with Crippen LogP contribution < -0.4 is 0 Å². The van der Waals surface area contributed by atoms with Crippen molar-refractivity contribution >= 4 is 17.5 Å². The summed E-state index contributed by atoms with van der Waals surface area (Å²) in [5, 5.41) is 6.56. The third-order valence-corrected chi connectivity index (χ3v) is 5.39. The van der Waals surface area contributed by atoms with Crippen molar-refractivity contribution in [1.82, 2.24) is 20.1 Å². The van der Waals surface area contributed by atoms with Crippen LogP contribution in [0.2, 0.25) is 5.02 Å². The van der Waals surface area contributed by atoms with Crippen molar-refractivity contribution in [3.05, 3.63) is 81.1 Å². The molecule has 1 aliphatic heterocycles. The molecule has 5 nitrogen and oxygen atoms in total. The Hall–Kier alpha value is -2.94. The van der Waals surface area contributed by atoms with Gasteiger partial charge in [-0.05, 0) is 30.7 Å². The standard InChI is InChI=1S/C20H15ClF4N4O/c21-18-14(2-1-3-15(18)20(23,24)25)19(30)29-7-6-13-16(27-28-17(13)10-29)8-12-5-4-11(22)9-26-12/h1-5,9H,6-8,10H2,(H,27,28). The molecular formula is C20H15ClF4N4O. The third kappa shape index (κ3) is 3.89. The lowest BCUT2D eigenvalue weighted by atomic mass is 10.0. The fourth-order valence-electron chi connectivity index (χ4n) is 3.48. The first-order valence-corrected chi connectivity index (χ1v) is 9.42. The molecule has 3 aromatic rings. The number of hydrogen-bond acceptors (Lipinski definition) is 3. The molecule has 2 aromatic heterocycles. The molecule has 0 atom stereocenters. The summed E-state index contributed by atoms with van der Waals surface area (Å²) in [6, 6.07) is 6.19. The molecule has 1 aromatic carbocycles. The van der Waals surface area contributed by atoms with Crippen LogP contribution in [0.3, 0.4) is 0 Å². The molecule has 0 saturated heterocycles. The number of pyridine rings is 1. The summed E-state index contributed by atoms with van der Waals surface area (Å²) in [5.41, 5.74) is 1.80. The minimum Gasteiger partial charge on any atom is -0.332 e. The van der Waals surface area contributed by atoms with Crippen molar-refractivity contribution in [2.45, 2.75) is 25.6 Å². The van der Waals surface area contributed by atoms with Crippen molar-refractivity contribution < 1.29 is 22.4 Å². The van der Waals surface area contributed by atoms with Gasteiger partial charge in [-0.15, -0.1) is 0 Å². The van der Waals surface area contributed by atoms with Crippen molar-refractivity contribution in [3.8, 4) is 0 Å². The van der Waals surface area contributed by atoms with Crippen LogP contribution in [0.15, 0.2) is 36.5 Å². The molecule has 4 rings (SSSR count). The molecule has 1 N–H and O–H groups in total. The number of rotatable bonds is 3. The molecule has 0 unspecified atom stereocenters.